The molecule has 2 saturated heterocycles. The van der Waals surface area contributed by atoms with Crippen molar-refractivity contribution >= 4 is 28.1 Å². The summed E-state index contributed by atoms with van der Waals surface area (Å²) in [6.45, 7) is 10.1. The van der Waals surface area contributed by atoms with Crippen LogP contribution in [-0.4, -0.2) is 54.9 Å². The maximum absolute atomic E-state index is 13.6. The van der Waals surface area contributed by atoms with E-state index in [1.54, 1.807) is 13.0 Å². The van der Waals surface area contributed by atoms with Gasteiger partial charge in [0.05, 0.1) is 0 Å². The van der Waals surface area contributed by atoms with Crippen LogP contribution < -0.4 is 0 Å². The Morgan fingerprint density at radius 2 is 1.54 bits per heavy atom. The monoisotopic (exact) mass is 499 g/mol. The molecule has 0 unspecified atom stereocenters. The minimum Gasteiger partial charge on any atom is -0.355 e. The molecule has 0 saturated carbocycles. The van der Waals surface area contributed by atoms with Crippen molar-refractivity contribution in [2.75, 3.05) is 26.2 Å². The molecule has 1 aromatic carbocycles. The van der Waals surface area contributed by atoms with Gasteiger partial charge in [0.25, 0.3) is 0 Å². The van der Waals surface area contributed by atoms with Crippen LogP contribution in [0.4, 0.5) is 0 Å². The molecule has 8 heteroatoms. The highest BCUT2D eigenvalue weighted by Crippen LogP contribution is 2.30. The van der Waals surface area contributed by atoms with Crippen LogP contribution in [0.5, 0.6) is 0 Å². The van der Waals surface area contributed by atoms with Gasteiger partial charge in [-0.2, -0.15) is 4.31 Å². The first-order valence-electron chi connectivity index (χ1n) is 12.7. The summed E-state index contributed by atoms with van der Waals surface area (Å²) in [6, 6.07) is 4.21. The van der Waals surface area contributed by atoms with Crippen molar-refractivity contribution in [1.82, 2.24) is 14.4 Å². The normalized spacial score (nSPS) is 18.8. The second-order valence-electron chi connectivity index (χ2n) is 10.0. The molecule has 0 radical (unpaired) electrons. The van der Waals surface area contributed by atoms with E-state index in [1.807, 2.05) is 24.8 Å². The summed E-state index contributed by atoms with van der Waals surface area (Å²) in [7, 11) is -3.79. The van der Waals surface area contributed by atoms with Gasteiger partial charge in [-0.25, -0.2) is 8.42 Å². The molecule has 1 aromatic heterocycles. The Morgan fingerprint density at radius 3 is 2.14 bits per heavy atom. The number of piperidine rings is 1. The highest BCUT2D eigenvalue weighted by Gasteiger charge is 2.37. The molecule has 4 rings (SSSR count). The molecule has 190 valence electrons. The summed E-state index contributed by atoms with van der Waals surface area (Å²) < 4.78 is 34.1. The van der Waals surface area contributed by atoms with Crippen LogP contribution in [0.25, 0.3) is 12.2 Å². The average molecular weight is 500 g/mol. The first-order chi connectivity index (χ1) is 16.7. The Kier molecular flexibility index (Phi) is 7.81. The number of amides is 1. The number of nitrogens with zero attached hydrogens (tertiary/aromatic N) is 3. The molecular formula is C27H37N3O4S. The molecule has 0 aliphatic carbocycles. The molecule has 35 heavy (non-hydrogen) atoms. The van der Waals surface area contributed by atoms with Crippen LogP contribution in [0.15, 0.2) is 21.6 Å². The third-order valence-corrected chi connectivity index (χ3v) is 9.35. The van der Waals surface area contributed by atoms with Crippen LogP contribution in [0.2, 0.25) is 0 Å². The summed E-state index contributed by atoms with van der Waals surface area (Å²) in [5.41, 5.74) is 4.82. The zero-order valence-electron chi connectivity index (χ0n) is 21.3. The number of hydrogen-bond acceptors (Lipinski definition) is 5. The van der Waals surface area contributed by atoms with E-state index in [2.05, 4.69) is 24.2 Å². The standard InChI is InChI=1S/C27H37N3O4S/c1-19-17-20(2)24(21(3)18-19)9-10-25-26(22(4)28-34-25)35(32,33)30-15-11-23(12-16-30)27(31)29-13-7-5-6-8-14-29/h9-10,17-18,23H,5-8,11-16H2,1-4H3. The minimum absolute atomic E-state index is 0.102. The van der Waals surface area contributed by atoms with Crippen LogP contribution in [-0.2, 0) is 14.8 Å². The number of aryl methyl sites for hydroxylation is 4. The van der Waals surface area contributed by atoms with Gasteiger partial charge < -0.3 is 9.42 Å². The van der Waals surface area contributed by atoms with Crippen molar-refractivity contribution in [1.29, 1.82) is 0 Å². The number of benzene rings is 1. The number of aromatic nitrogens is 1. The molecule has 1 amide bonds. The van der Waals surface area contributed by atoms with Crippen molar-refractivity contribution in [2.24, 2.45) is 5.92 Å². The number of hydrogen-bond donors (Lipinski definition) is 0. The van der Waals surface area contributed by atoms with E-state index in [1.165, 1.54) is 22.7 Å². The molecule has 7 nitrogen and oxygen atoms in total. The molecule has 0 N–H and O–H groups in total. The third kappa shape index (κ3) is 5.54. The van der Waals surface area contributed by atoms with Crippen LogP contribution >= 0.6 is 0 Å². The Balaban J connectivity index is 1.49. The van der Waals surface area contributed by atoms with Gasteiger partial charge in [0.15, 0.2) is 10.7 Å². The van der Waals surface area contributed by atoms with E-state index in [4.69, 9.17) is 4.52 Å². The fourth-order valence-electron chi connectivity index (χ4n) is 5.43. The van der Waals surface area contributed by atoms with E-state index in [0.717, 1.165) is 42.6 Å². The van der Waals surface area contributed by atoms with E-state index in [-0.39, 0.29) is 22.5 Å². The fraction of sp³-hybridized carbons (Fsp3) is 0.556. The van der Waals surface area contributed by atoms with Gasteiger partial charge in [-0.05, 0) is 76.1 Å². The van der Waals surface area contributed by atoms with E-state index in [9.17, 15) is 13.2 Å². The second-order valence-corrected chi connectivity index (χ2v) is 11.9. The lowest BCUT2D eigenvalue weighted by Crippen LogP contribution is -2.44. The van der Waals surface area contributed by atoms with Crippen molar-refractivity contribution in [3.63, 3.8) is 0 Å². The molecule has 2 aromatic rings. The highest BCUT2D eigenvalue weighted by molar-refractivity contribution is 7.89. The number of sulfonamides is 1. The van der Waals surface area contributed by atoms with E-state index in [0.29, 0.717) is 31.6 Å². The first kappa shape index (κ1) is 25.6. The predicted molar refractivity (Wildman–Crippen MR) is 137 cm³/mol. The fourth-order valence-corrected chi connectivity index (χ4v) is 7.15. The number of likely N-dealkylation sites (tertiary alicyclic amines) is 1. The molecule has 2 aliphatic heterocycles. The lowest BCUT2D eigenvalue weighted by Gasteiger charge is -2.33. The van der Waals surface area contributed by atoms with Crippen LogP contribution in [0, 0.1) is 33.6 Å². The number of carbonyl (C=O) groups excluding carboxylic acids is 1. The van der Waals surface area contributed by atoms with Crippen molar-refractivity contribution in [3.8, 4) is 0 Å². The summed E-state index contributed by atoms with van der Waals surface area (Å²) in [5, 5.41) is 3.97. The van der Waals surface area contributed by atoms with Gasteiger partial charge >= 0.3 is 0 Å². The van der Waals surface area contributed by atoms with Crippen molar-refractivity contribution in [3.05, 3.63) is 45.8 Å². The second kappa shape index (κ2) is 10.7. The molecular weight excluding hydrogens is 462 g/mol. The Hall–Kier alpha value is -2.45. The van der Waals surface area contributed by atoms with Gasteiger partial charge in [0.1, 0.15) is 5.69 Å². The molecule has 0 atom stereocenters. The molecule has 3 heterocycles. The predicted octanol–water partition coefficient (Wildman–Crippen LogP) is 4.88. The zero-order valence-corrected chi connectivity index (χ0v) is 22.2. The highest BCUT2D eigenvalue weighted by atomic mass is 32.2. The third-order valence-electron chi connectivity index (χ3n) is 7.29. The largest absolute Gasteiger partial charge is 0.355 e. The average Bonchev–Trinajstić information content (AvgIpc) is 3.01. The summed E-state index contributed by atoms with van der Waals surface area (Å²) in [4.78, 5) is 15.1. The van der Waals surface area contributed by atoms with Gasteiger partial charge in [-0.15, -0.1) is 0 Å². The smallest absolute Gasteiger partial charge is 0.248 e. The molecule has 0 bridgehead atoms. The van der Waals surface area contributed by atoms with Gasteiger partial charge in [0, 0.05) is 32.1 Å². The quantitative estimate of drug-likeness (QED) is 0.585. The van der Waals surface area contributed by atoms with E-state index >= 15 is 0 Å². The topological polar surface area (TPSA) is 83.7 Å². The minimum atomic E-state index is -3.79. The maximum Gasteiger partial charge on any atom is 0.248 e. The van der Waals surface area contributed by atoms with Crippen LogP contribution in [0.3, 0.4) is 0 Å². The number of rotatable bonds is 5. The summed E-state index contributed by atoms with van der Waals surface area (Å²) in [5.74, 6) is 0.331. The SMILES string of the molecule is Cc1cc(C)c(C=Cc2onc(C)c2S(=O)(=O)N2CCC(C(=O)N3CCCCCC3)CC2)c(C)c1. The zero-order chi connectivity index (χ0) is 25.2. The first-order valence-corrected chi connectivity index (χ1v) is 14.1. The van der Waals surface area contributed by atoms with Crippen molar-refractivity contribution in [2.45, 2.75) is 71.1 Å². The lowest BCUT2D eigenvalue weighted by molar-refractivity contribution is -0.136. The van der Waals surface area contributed by atoms with Gasteiger partial charge in [-0.1, -0.05) is 41.8 Å². The summed E-state index contributed by atoms with van der Waals surface area (Å²) >= 11 is 0. The van der Waals surface area contributed by atoms with Gasteiger partial charge in [0.2, 0.25) is 15.9 Å². The molecule has 2 fully saturated rings. The van der Waals surface area contributed by atoms with Crippen LogP contribution in [0.1, 0.15) is 72.2 Å². The molecule has 0 spiro atoms. The maximum atomic E-state index is 13.6. The Morgan fingerprint density at radius 1 is 0.943 bits per heavy atom. The number of carbonyl (C=O) groups is 1. The Labute approximate surface area is 209 Å². The lowest BCUT2D eigenvalue weighted by atomic mass is 9.96. The van der Waals surface area contributed by atoms with Crippen molar-refractivity contribution < 1.29 is 17.7 Å². The van der Waals surface area contributed by atoms with Gasteiger partial charge in [-0.3, -0.25) is 4.79 Å². The Bertz CT molecular complexity index is 1180. The van der Waals surface area contributed by atoms with E-state index < -0.39 is 10.0 Å². The summed E-state index contributed by atoms with van der Waals surface area (Å²) in [6.07, 6.45) is 9.17. The molecule has 2 aliphatic rings.